The van der Waals surface area contributed by atoms with Crippen LogP contribution in [0, 0.1) is 11.6 Å². The fraction of sp³-hybridized carbons (Fsp3) is 0.318. The average molecular weight is 445 g/mol. The molecule has 2 heterocycles. The van der Waals surface area contributed by atoms with E-state index in [9.17, 15) is 13.6 Å². The number of carbonyl (C=O) groups excluding carboxylic acids is 1. The van der Waals surface area contributed by atoms with E-state index in [1.165, 1.54) is 28.5 Å². The second-order valence-corrected chi connectivity index (χ2v) is 8.39. The van der Waals surface area contributed by atoms with Gasteiger partial charge in [0.25, 0.3) is 0 Å². The van der Waals surface area contributed by atoms with Crippen molar-refractivity contribution in [2.45, 2.75) is 31.2 Å². The summed E-state index contributed by atoms with van der Waals surface area (Å²) >= 11 is 1.17. The maximum Gasteiger partial charge on any atom is 0.233 e. The highest BCUT2D eigenvalue weighted by Crippen LogP contribution is 2.29. The molecule has 1 aromatic heterocycles. The van der Waals surface area contributed by atoms with Crippen molar-refractivity contribution < 1.29 is 18.3 Å². The standard InChI is InChI=1S/C22H22F2N4O2S/c1-14-11-27(12-15(2)30-14)20(29)13-31-22-26-25-21(16-6-4-3-5-7-16)28(22)19-9-8-17(23)10-18(19)24/h3-10,14-15H,11-13H2,1-2H3. The van der Waals surface area contributed by atoms with E-state index in [0.29, 0.717) is 24.1 Å². The first-order valence-corrected chi connectivity index (χ1v) is 10.9. The highest BCUT2D eigenvalue weighted by atomic mass is 32.2. The van der Waals surface area contributed by atoms with Crippen LogP contribution >= 0.6 is 11.8 Å². The summed E-state index contributed by atoms with van der Waals surface area (Å²) in [6.45, 7) is 4.92. The lowest BCUT2D eigenvalue weighted by molar-refractivity contribution is -0.140. The Balaban J connectivity index is 1.63. The Labute approximate surface area is 183 Å². The van der Waals surface area contributed by atoms with Crippen molar-refractivity contribution >= 4 is 17.7 Å². The van der Waals surface area contributed by atoms with Crippen LogP contribution in [-0.4, -0.2) is 56.6 Å². The summed E-state index contributed by atoms with van der Waals surface area (Å²) in [6, 6.07) is 12.6. The fourth-order valence-electron chi connectivity index (χ4n) is 3.62. The van der Waals surface area contributed by atoms with Crippen LogP contribution in [0.1, 0.15) is 13.8 Å². The van der Waals surface area contributed by atoms with Crippen LogP contribution in [0.3, 0.4) is 0 Å². The van der Waals surface area contributed by atoms with E-state index in [-0.39, 0.29) is 29.6 Å². The third-order valence-electron chi connectivity index (χ3n) is 4.91. The summed E-state index contributed by atoms with van der Waals surface area (Å²) in [4.78, 5) is 14.5. The second-order valence-electron chi connectivity index (χ2n) is 7.45. The van der Waals surface area contributed by atoms with Gasteiger partial charge in [0.15, 0.2) is 11.0 Å². The number of ether oxygens (including phenoxy) is 1. The molecule has 0 bridgehead atoms. The number of carbonyl (C=O) groups is 1. The molecule has 3 aromatic rings. The first-order chi connectivity index (χ1) is 14.9. The zero-order chi connectivity index (χ0) is 22.0. The lowest BCUT2D eigenvalue weighted by Crippen LogP contribution is -2.48. The summed E-state index contributed by atoms with van der Waals surface area (Å²) < 4.78 is 35.3. The first-order valence-electron chi connectivity index (χ1n) is 9.94. The van der Waals surface area contributed by atoms with Gasteiger partial charge in [-0.3, -0.25) is 9.36 Å². The van der Waals surface area contributed by atoms with Gasteiger partial charge in [-0.15, -0.1) is 10.2 Å². The molecule has 1 fully saturated rings. The van der Waals surface area contributed by atoms with Gasteiger partial charge in [0, 0.05) is 24.7 Å². The van der Waals surface area contributed by atoms with Crippen molar-refractivity contribution in [1.82, 2.24) is 19.7 Å². The molecule has 0 N–H and O–H groups in total. The van der Waals surface area contributed by atoms with Gasteiger partial charge < -0.3 is 9.64 Å². The number of aromatic nitrogens is 3. The van der Waals surface area contributed by atoms with Gasteiger partial charge in [-0.05, 0) is 26.0 Å². The largest absolute Gasteiger partial charge is 0.372 e. The number of amides is 1. The van der Waals surface area contributed by atoms with Crippen molar-refractivity contribution in [1.29, 1.82) is 0 Å². The minimum Gasteiger partial charge on any atom is -0.372 e. The molecule has 162 valence electrons. The van der Waals surface area contributed by atoms with Gasteiger partial charge in [-0.2, -0.15) is 0 Å². The van der Waals surface area contributed by atoms with Crippen molar-refractivity contribution in [2.75, 3.05) is 18.8 Å². The Morgan fingerprint density at radius 3 is 2.48 bits per heavy atom. The van der Waals surface area contributed by atoms with Crippen molar-refractivity contribution in [2.24, 2.45) is 0 Å². The summed E-state index contributed by atoms with van der Waals surface area (Å²) in [5, 5.41) is 8.78. The number of hydrogen-bond donors (Lipinski definition) is 0. The quantitative estimate of drug-likeness (QED) is 0.558. The molecule has 0 radical (unpaired) electrons. The Kier molecular flexibility index (Phi) is 6.33. The van der Waals surface area contributed by atoms with Crippen molar-refractivity contribution in [3.63, 3.8) is 0 Å². The number of rotatable bonds is 5. The summed E-state index contributed by atoms with van der Waals surface area (Å²) in [5.74, 6) is -0.927. The van der Waals surface area contributed by atoms with E-state index in [2.05, 4.69) is 10.2 Å². The number of morpholine rings is 1. The molecule has 2 atom stereocenters. The van der Waals surface area contributed by atoms with E-state index in [0.717, 1.165) is 11.6 Å². The zero-order valence-corrected chi connectivity index (χ0v) is 18.0. The molecule has 31 heavy (non-hydrogen) atoms. The zero-order valence-electron chi connectivity index (χ0n) is 17.2. The number of thioether (sulfide) groups is 1. The fourth-order valence-corrected chi connectivity index (χ4v) is 4.46. The van der Waals surface area contributed by atoms with Gasteiger partial charge in [0.2, 0.25) is 5.91 Å². The highest BCUT2D eigenvalue weighted by Gasteiger charge is 2.27. The molecular weight excluding hydrogens is 422 g/mol. The van der Waals surface area contributed by atoms with Crippen LogP contribution in [0.4, 0.5) is 8.78 Å². The summed E-state index contributed by atoms with van der Waals surface area (Å²) in [5.41, 5.74) is 0.849. The molecule has 6 nitrogen and oxygen atoms in total. The molecular formula is C22H22F2N4O2S. The predicted molar refractivity (Wildman–Crippen MR) is 114 cm³/mol. The number of halogens is 2. The topological polar surface area (TPSA) is 60.2 Å². The Morgan fingerprint density at radius 1 is 1.10 bits per heavy atom. The Hall–Kier alpha value is -2.78. The van der Waals surface area contributed by atoms with Crippen LogP contribution in [0.5, 0.6) is 0 Å². The third-order valence-corrected chi connectivity index (χ3v) is 5.83. The number of hydrogen-bond acceptors (Lipinski definition) is 5. The number of nitrogens with zero attached hydrogens (tertiary/aromatic N) is 4. The van der Waals surface area contributed by atoms with Crippen LogP contribution in [0.2, 0.25) is 0 Å². The van der Waals surface area contributed by atoms with E-state index in [1.807, 2.05) is 44.2 Å². The minimum absolute atomic E-state index is 0.0284. The van der Waals surface area contributed by atoms with Gasteiger partial charge in [-0.1, -0.05) is 42.1 Å². The van der Waals surface area contributed by atoms with Crippen LogP contribution in [0.25, 0.3) is 17.1 Å². The molecule has 1 saturated heterocycles. The van der Waals surface area contributed by atoms with Gasteiger partial charge in [0.1, 0.15) is 11.6 Å². The van der Waals surface area contributed by atoms with Crippen LogP contribution < -0.4 is 0 Å². The van der Waals surface area contributed by atoms with Gasteiger partial charge in [-0.25, -0.2) is 8.78 Å². The second kappa shape index (κ2) is 9.15. The van der Waals surface area contributed by atoms with E-state index in [1.54, 1.807) is 4.90 Å². The van der Waals surface area contributed by atoms with Crippen LogP contribution in [-0.2, 0) is 9.53 Å². The highest BCUT2D eigenvalue weighted by molar-refractivity contribution is 7.99. The monoisotopic (exact) mass is 444 g/mol. The molecule has 1 aliphatic heterocycles. The SMILES string of the molecule is CC1CN(C(=O)CSc2nnc(-c3ccccc3)n2-c2ccc(F)cc2F)CC(C)O1. The molecule has 1 aliphatic rings. The van der Waals surface area contributed by atoms with Crippen LogP contribution in [0.15, 0.2) is 53.7 Å². The summed E-state index contributed by atoms with van der Waals surface area (Å²) in [6.07, 6.45) is -0.0568. The molecule has 2 aromatic carbocycles. The number of benzene rings is 2. The average Bonchev–Trinajstić information content (AvgIpc) is 3.15. The van der Waals surface area contributed by atoms with E-state index < -0.39 is 11.6 Å². The maximum absolute atomic E-state index is 14.7. The van der Waals surface area contributed by atoms with Gasteiger partial charge in [0.05, 0.1) is 23.6 Å². The Morgan fingerprint density at radius 2 is 1.81 bits per heavy atom. The van der Waals surface area contributed by atoms with Crippen molar-refractivity contribution in [3.8, 4) is 17.1 Å². The van der Waals surface area contributed by atoms with E-state index in [4.69, 9.17) is 4.74 Å². The molecule has 0 aliphatic carbocycles. The molecule has 1 amide bonds. The van der Waals surface area contributed by atoms with Crippen molar-refractivity contribution in [3.05, 3.63) is 60.2 Å². The lowest BCUT2D eigenvalue weighted by Gasteiger charge is -2.35. The minimum atomic E-state index is -0.735. The molecule has 9 heteroatoms. The molecule has 4 rings (SSSR count). The van der Waals surface area contributed by atoms with E-state index >= 15 is 0 Å². The maximum atomic E-state index is 14.7. The lowest BCUT2D eigenvalue weighted by atomic mass is 10.2. The predicted octanol–water partition coefficient (Wildman–Crippen LogP) is 3.94. The van der Waals surface area contributed by atoms with Gasteiger partial charge >= 0.3 is 0 Å². The smallest absolute Gasteiger partial charge is 0.233 e. The molecule has 0 saturated carbocycles. The Bertz CT molecular complexity index is 1070. The third kappa shape index (κ3) is 4.77. The summed E-state index contributed by atoms with van der Waals surface area (Å²) in [7, 11) is 0. The first kappa shape index (κ1) is 21.5. The molecule has 2 unspecified atom stereocenters. The normalized spacial score (nSPS) is 18.9. The molecule has 0 spiro atoms.